The van der Waals surface area contributed by atoms with Crippen LogP contribution in [0.4, 0.5) is 0 Å². The third kappa shape index (κ3) is 3.44. The monoisotopic (exact) mass is 290 g/mol. The number of aliphatic hydroxyl groups excluding tert-OH is 1. The van der Waals surface area contributed by atoms with Gasteiger partial charge in [0.25, 0.3) is 0 Å². The highest BCUT2D eigenvalue weighted by atomic mass is 127. The van der Waals surface area contributed by atoms with Crippen LogP contribution < -0.4 is 0 Å². The summed E-state index contributed by atoms with van der Waals surface area (Å²) in [7, 11) is 0. The molecule has 0 fully saturated rings. The van der Waals surface area contributed by atoms with Crippen LogP contribution in [0.3, 0.4) is 0 Å². The molecular weight excluding hydrogens is 279 g/mol. The molecule has 1 N–H and O–H groups in total. The van der Waals surface area contributed by atoms with Crippen LogP contribution in [-0.4, -0.2) is 15.0 Å². The van der Waals surface area contributed by atoms with Gasteiger partial charge in [0, 0.05) is 12.0 Å². The van der Waals surface area contributed by atoms with Crippen LogP contribution in [-0.2, 0) is 0 Å². The third-order valence-electron chi connectivity index (χ3n) is 1.73. The topological polar surface area (TPSA) is 37.3 Å². The summed E-state index contributed by atoms with van der Waals surface area (Å²) in [5.74, 6) is -0.0121. The van der Waals surface area contributed by atoms with E-state index >= 15 is 0 Å². The summed E-state index contributed by atoms with van der Waals surface area (Å²) in [5.41, 5.74) is 1.80. The Bertz CT molecular complexity index is 290. The van der Waals surface area contributed by atoms with Gasteiger partial charge in [-0.1, -0.05) is 52.4 Å². The maximum absolute atomic E-state index is 11.4. The standard InChI is InChI=1S/C10H11IO2/c1-7-2-4-8(5-3-7)9(12)6-10(11)13/h2-5,10,13H,6H2,1H3. The van der Waals surface area contributed by atoms with E-state index in [-0.39, 0.29) is 12.2 Å². The Hall–Kier alpha value is -0.420. The molecule has 0 saturated carbocycles. The van der Waals surface area contributed by atoms with Crippen molar-refractivity contribution in [3.63, 3.8) is 0 Å². The number of carbonyl (C=O) groups is 1. The van der Waals surface area contributed by atoms with Crippen LogP contribution in [0.5, 0.6) is 0 Å². The van der Waals surface area contributed by atoms with Gasteiger partial charge in [0.05, 0.1) is 0 Å². The zero-order valence-electron chi connectivity index (χ0n) is 7.33. The lowest BCUT2D eigenvalue weighted by Crippen LogP contribution is -2.06. The van der Waals surface area contributed by atoms with E-state index in [9.17, 15) is 4.79 Å². The minimum Gasteiger partial charge on any atom is -0.382 e. The van der Waals surface area contributed by atoms with E-state index < -0.39 is 4.11 Å². The molecule has 0 aliphatic carbocycles. The van der Waals surface area contributed by atoms with E-state index in [1.165, 1.54) is 0 Å². The lowest BCUT2D eigenvalue weighted by molar-refractivity contribution is 0.0950. The van der Waals surface area contributed by atoms with Gasteiger partial charge in [-0.25, -0.2) is 0 Å². The summed E-state index contributed by atoms with van der Waals surface area (Å²) in [6.45, 7) is 1.97. The minimum atomic E-state index is -0.591. The number of hydrogen-bond donors (Lipinski definition) is 1. The first kappa shape index (κ1) is 10.7. The molecule has 0 aliphatic rings. The van der Waals surface area contributed by atoms with E-state index in [1.54, 1.807) is 12.1 Å². The lowest BCUT2D eigenvalue weighted by Gasteiger charge is -2.02. The van der Waals surface area contributed by atoms with E-state index in [0.29, 0.717) is 5.56 Å². The molecule has 0 aromatic heterocycles. The number of alkyl halides is 1. The average Bonchev–Trinajstić information content (AvgIpc) is 2.04. The second kappa shape index (κ2) is 4.72. The van der Waals surface area contributed by atoms with Crippen molar-refractivity contribution in [1.29, 1.82) is 0 Å². The molecule has 1 atom stereocenters. The highest BCUT2D eigenvalue weighted by Gasteiger charge is 2.08. The fourth-order valence-electron chi connectivity index (χ4n) is 1.01. The fourth-order valence-corrected chi connectivity index (χ4v) is 1.41. The number of halogens is 1. The van der Waals surface area contributed by atoms with Crippen molar-refractivity contribution in [2.45, 2.75) is 17.5 Å². The summed E-state index contributed by atoms with van der Waals surface area (Å²) < 4.78 is -0.591. The number of carbonyl (C=O) groups excluding carboxylic acids is 1. The van der Waals surface area contributed by atoms with Crippen molar-refractivity contribution in [3.8, 4) is 0 Å². The van der Waals surface area contributed by atoms with E-state index in [2.05, 4.69) is 0 Å². The van der Waals surface area contributed by atoms with Gasteiger partial charge in [0.1, 0.15) is 4.11 Å². The smallest absolute Gasteiger partial charge is 0.166 e. The molecule has 0 saturated heterocycles. The number of aliphatic hydroxyl groups is 1. The molecule has 1 rings (SSSR count). The first-order valence-electron chi connectivity index (χ1n) is 4.01. The molecule has 0 aliphatic heterocycles. The molecule has 0 radical (unpaired) electrons. The van der Waals surface area contributed by atoms with Crippen LogP contribution in [0.2, 0.25) is 0 Å². The average molecular weight is 290 g/mol. The number of rotatable bonds is 3. The van der Waals surface area contributed by atoms with E-state index in [1.807, 2.05) is 41.6 Å². The Morgan fingerprint density at radius 1 is 1.46 bits per heavy atom. The molecule has 1 unspecified atom stereocenters. The summed E-state index contributed by atoms with van der Waals surface area (Å²) in [6.07, 6.45) is 0.184. The lowest BCUT2D eigenvalue weighted by atomic mass is 10.1. The second-order valence-electron chi connectivity index (χ2n) is 2.93. The summed E-state index contributed by atoms with van der Waals surface area (Å²) in [6, 6.07) is 7.37. The van der Waals surface area contributed by atoms with Crippen LogP contribution >= 0.6 is 22.6 Å². The van der Waals surface area contributed by atoms with Gasteiger partial charge in [-0.2, -0.15) is 0 Å². The quantitative estimate of drug-likeness (QED) is 0.527. The van der Waals surface area contributed by atoms with Crippen molar-refractivity contribution < 1.29 is 9.90 Å². The zero-order valence-corrected chi connectivity index (χ0v) is 9.48. The van der Waals surface area contributed by atoms with Crippen LogP contribution in [0.25, 0.3) is 0 Å². The van der Waals surface area contributed by atoms with Gasteiger partial charge in [0.15, 0.2) is 5.78 Å². The SMILES string of the molecule is Cc1ccc(C(=O)CC(O)I)cc1. The molecule has 3 heteroatoms. The first-order valence-corrected chi connectivity index (χ1v) is 5.26. The molecule has 0 spiro atoms. The number of benzene rings is 1. The van der Waals surface area contributed by atoms with Gasteiger partial charge in [0.2, 0.25) is 0 Å². The Morgan fingerprint density at radius 2 is 2.00 bits per heavy atom. The second-order valence-corrected chi connectivity index (χ2v) is 4.37. The maximum Gasteiger partial charge on any atom is 0.166 e. The summed E-state index contributed by atoms with van der Waals surface area (Å²) in [4.78, 5) is 11.4. The van der Waals surface area contributed by atoms with Gasteiger partial charge >= 0.3 is 0 Å². The highest BCUT2D eigenvalue weighted by Crippen LogP contribution is 2.10. The fraction of sp³-hybridized carbons (Fsp3) is 0.300. The number of Topliss-reactive ketones (excluding diaryl/α,β-unsaturated/α-hetero) is 1. The molecule has 1 aromatic carbocycles. The molecule has 0 heterocycles. The van der Waals surface area contributed by atoms with Crippen molar-refractivity contribution in [2.24, 2.45) is 0 Å². The van der Waals surface area contributed by atoms with Gasteiger partial charge in [-0.05, 0) is 6.92 Å². The molecule has 2 nitrogen and oxygen atoms in total. The predicted octanol–water partition coefficient (Wildman–Crippen LogP) is 2.32. The molecule has 70 valence electrons. The Kier molecular flexibility index (Phi) is 3.87. The van der Waals surface area contributed by atoms with Crippen molar-refractivity contribution in [1.82, 2.24) is 0 Å². The number of ketones is 1. The van der Waals surface area contributed by atoms with Gasteiger partial charge in [-0.15, -0.1) is 0 Å². The maximum atomic E-state index is 11.4. The first-order chi connectivity index (χ1) is 6.09. The van der Waals surface area contributed by atoms with Crippen molar-refractivity contribution in [3.05, 3.63) is 35.4 Å². The van der Waals surface area contributed by atoms with Crippen molar-refractivity contribution >= 4 is 28.4 Å². The van der Waals surface area contributed by atoms with E-state index in [4.69, 9.17) is 5.11 Å². The van der Waals surface area contributed by atoms with Crippen LogP contribution in [0.1, 0.15) is 22.3 Å². The number of hydrogen-bond acceptors (Lipinski definition) is 2. The third-order valence-corrected chi connectivity index (χ3v) is 2.17. The Labute approximate surface area is 91.1 Å². The minimum absolute atomic E-state index is 0.0121. The zero-order chi connectivity index (χ0) is 9.84. The highest BCUT2D eigenvalue weighted by molar-refractivity contribution is 14.1. The summed E-state index contributed by atoms with van der Waals surface area (Å²) in [5, 5.41) is 9.00. The van der Waals surface area contributed by atoms with Gasteiger partial charge in [-0.3, -0.25) is 4.79 Å². The summed E-state index contributed by atoms with van der Waals surface area (Å²) >= 11 is 1.83. The van der Waals surface area contributed by atoms with Crippen LogP contribution in [0.15, 0.2) is 24.3 Å². The van der Waals surface area contributed by atoms with Crippen LogP contribution in [0, 0.1) is 6.92 Å². The van der Waals surface area contributed by atoms with Gasteiger partial charge < -0.3 is 5.11 Å². The molecule has 1 aromatic rings. The predicted molar refractivity (Wildman–Crippen MR) is 60.2 cm³/mol. The molecule has 0 amide bonds. The molecule has 13 heavy (non-hydrogen) atoms. The molecule has 0 bridgehead atoms. The molecular formula is C10H11IO2. The van der Waals surface area contributed by atoms with Crippen molar-refractivity contribution in [2.75, 3.05) is 0 Å². The van der Waals surface area contributed by atoms with E-state index in [0.717, 1.165) is 5.56 Å². The number of aryl methyl sites for hydroxylation is 1. The normalized spacial score (nSPS) is 12.5. The Balaban J connectivity index is 2.72. The Morgan fingerprint density at radius 3 is 2.46 bits per heavy atom. The largest absolute Gasteiger partial charge is 0.382 e.